The minimum atomic E-state index is -0.0725. The van der Waals surface area contributed by atoms with Crippen molar-refractivity contribution in [3.8, 4) is 5.69 Å². The van der Waals surface area contributed by atoms with Crippen molar-refractivity contribution in [2.75, 3.05) is 5.75 Å². The van der Waals surface area contributed by atoms with Gasteiger partial charge in [-0.25, -0.2) is 4.98 Å². The third-order valence-electron chi connectivity index (χ3n) is 5.24. The van der Waals surface area contributed by atoms with E-state index in [-0.39, 0.29) is 17.2 Å². The lowest BCUT2D eigenvalue weighted by molar-refractivity contribution is -0.119. The Morgan fingerprint density at radius 2 is 1.96 bits per heavy atom. The van der Waals surface area contributed by atoms with E-state index in [0.29, 0.717) is 16.6 Å². The van der Waals surface area contributed by atoms with Gasteiger partial charge in [0.15, 0.2) is 5.16 Å². The average Bonchev–Trinajstić information content (AvgIpc) is 3.29. The number of aromatic nitrogens is 2. The lowest BCUT2D eigenvalue weighted by atomic mass is 10.2. The lowest BCUT2D eigenvalue weighted by Crippen LogP contribution is -2.34. The molecule has 0 bridgehead atoms. The summed E-state index contributed by atoms with van der Waals surface area (Å²) in [6.07, 6.45) is 4.48. The van der Waals surface area contributed by atoms with Crippen LogP contribution in [0.2, 0.25) is 0 Å². The SMILES string of the molecule is Cc1sc2nc(SCC(=O)NC3CCCC3)n(-c3ccccc3)c(=O)c2c1C. The molecule has 0 radical (unpaired) electrons. The Labute approximate surface area is 172 Å². The number of aryl methyl sites for hydroxylation is 2. The molecule has 4 rings (SSSR count). The Morgan fingerprint density at radius 1 is 1.25 bits per heavy atom. The minimum absolute atomic E-state index is 0.00407. The molecule has 0 saturated heterocycles. The summed E-state index contributed by atoms with van der Waals surface area (Å²) in [7, 11) is 0. The number of amides is 1. The van der Waals surface area contributed by atoms with Gasteiger partial charge in [-0.2, -0.15) is 0 Å². The van der Waals surface area contributed by atoms with Crippen LogP contribution in [0.25, 0.3) is 15.9 Å². The zero-order valence-electron chi connectivity index (χ0n) is 16.0. The maximum atomic E-state index is 13.3. The molecule has 1 amide bonds. The maximum Gasteiger partial charge on any atom is 0.267 e. The first-order valence-corrected chi connectivity index (χ1v) is 11.3. The number of nitrogens with one attached hydrogen (secondary N) is 1. The third-order valence-corrected chi connectivity index (χ3v) is 7.28. The molecule has 1 aliphatic carbocycles. The number of thioether (sulfide) groups is 1. The topological polar surface area (TPSA) is 64.0 Å². The molecular weight excluding hydrogens is 390 g/mol. The van der Waals surface area contributed by atoms with Crippen molar-refractivity contribution in [2.45, 2.75) is 50.7 Å². The first-order chi connectivity index (χ1) is 13.5. The molecule has 1 aliphatic rings. The molecular formula is C21H23N3O2S2. The predicted molar refractivity (Wildman–Crippen MR) is 116 cm³/mol. The van der Waals surface area contributed by atoms with Gasteiger partial charge in [0, 0.05) is 10.9 Å². The Morgan fingerprint density at radius 3 is 2.68 bits per heavy atom. The van der Waals surface area contributed by atoms with E-state index in [1.807, 2.05) is 44.2 Å². The van der Waals surface area contributed by atoms with Gasteiger partial charge in [-0.1, -0.05) is 42.8 Å². The van der Waals surface area contributed by atoms with Crippen molar-refractivity contribution in [1.82, 2.24) is 14.9 Å². The van der Waals surface area contributed by atoms with Gasteiger partial charge in [0.05, 0.1) is 16.8 Å². The van der Waals surface area contributed by atoms with E-state index in [0.717, 1.165) is 33.8 Å². The fraction of sp³-hybridized carbons (Fsp3) is 0.381. The number of fused-ring (bicyclic) bond motifs is 1. The summed E-state index contributed by atoms with van der Waals surface area (Å²) in [5, 5.41) is 4.33. The van der Waals surface area contributed by atoms with Crippen molar-refractivity contribution in [2.24, 2.45) is 0 Å². The Kier molecular flexibility index (Phi) is 5.55. The van der Waals surface area contributed by atoms with E-state index in [1.54, 1.807) is 4.57 Å². The molecule has 146 valence electrons. The smallest absolute Gasteiger partial charge is 0.267 e. The standard InChI is InChI=1S/C21H23N3O2S2/c1-13-14(2)28-19-18(13)20(26)24(16-10-4-3-5-11-16)21(23-19)27-12-17(25)22-15-8-6-7-9-15/h3-5,10-11,15H,6-9,12H2,1-2H3,(H,22,25). The first kappa shape index (κ1) is 19.2. The monoisotopic (exact) mass is 413 g/mol. The van der Waals surface area contributed by atoms with Crippen molar-refractivity contribution in [1.29, 1.82) is 0 Å². The zero-order valence-corrected chi connectivity index (χ0v) is 17.7. The van der Waals surface area contributed by atoms with Crippen LogP contribution >= 0.6 is 23.1 Å². The van der Waals surface area contributed by atoms with E-state index in [9.17, 15) is 9.59 Å². The molecule has 1 aromatic carbocycles. The summed E-state index contributed by atoms with van der Waals surface area (Å²) in [5.41, 5.74) is 1.68. The molecule has 0 unspecified atom stereocenters. The van der Waals surface area contributed by atoms with Gasteiger partial charge >= 0.3 is 0 Å². The number of thiophene rings is 1. The van der Waals surface area contributed by atoms with Crippen LogP contribution in [0.3, 0.4) is 0 Å². The third kappa shape index (κ3) is 3.73. The largest absolute Gasteiger partial charge is 0.353 e. The highest BCUT2D eigenvalue weighted by Gasteiger charge is 2.20. The Hall–Kier alpha value is -2.12. The van der Waals surface area contributed by atoms with Crippen LogP contribution in [0.4, 0.5) is 0 Å². The molecule has 1 N–H and O–H groups in total. The number of para-hydroxylation sites is 1. The summed E-state index contributed by atoms with van der Waals surface area (Å²) in [6, 6.07) is 9.81. The Balaban J connectivity index is 1.70. The van der Waals surface area contributed by atoms with E-state index in [4.69, 9.17) is 4.98 Å². The van der Waals surface area contributed by atoms with Crippen molar-refractivity contribution >= 4 is 39.2 Å². The van der Waals surface area contributed by atoms with Crippen LogP contribution in [0, 0.1) is 13.8 Å². The highest BCUT2D eigenvalue weighted by atomic mass is 32.2. The average molecular weight is 414 g/mol. The molecule has 0 spiro atoms. The van der Waals surface area contributed by atoms with E-state index < -0.39 is 0 Å². The highest BCUT2D eigenvalue weighted by molar-refractivity contribution is 7.99. The normalized spacial score (nSPS) is 14.6. The van der Waals surface area contributed by atoms with E-state index in [1.165, 1.54) is 35.9 Å². The number of carbonyl (C=O) groups excluding carboxylic acids is 1. The van der Waals surface area contributed by atoms with Gasteiger partial charge in [0.25, 0.3) is 5.56 Å². The number of hydrogen-bond donors (Lipinski definition) is 1. The van der Waals surface area contributed by atoms with E-state index in [2.05, 4.69) is 5.32 Å². The highest BCUT2D eigenvalue weighted by Crippen LogP contribution is 2.29. The number of hydrogen-bond acceptors (Lipinski definition) is 5. The summed E-state index contributed by atoms with van der Waals surface area (Å²) < 4.78 is 1.63. The molecule has 3 aromatic rings. The van der Waals surface area contributed by atoms with Crippen molar-refractivity contribution < 1.29 is 4.79 Å². The number of rotatable bonds is 5. The van der Waals surface area contributed by atoms with Gasteiger partial charge < -0.3 is 5.32 Å². The molecule has 2 heterocycles. The summed E-state index contributed by atoms with van der Waals surface area (Å²) in [6.45, 7) is 3.98. The zero-order chi connectivity index (χ0) is 19.7. The molecule has 1 fully saturated rings. The Bertz CT molecular complexity index is 1070. The van der Waals surface area contributed by atoms with Crippen LogP contribution in [0.15, 0.2) is 40.3 Å². The van der Waals surface area contributed by atoms with Gasteiger partial charge in [0.1, 0.15) is 4.83 Å². The molecule has 5 nitrogen and oxygen atoms in total. The van der Waals surface area contributed by atoms with Crippen LogP contribution in [-0.4, -0.2) is 27.3 Å². The van der Waals surface area contributed by atoms with Gasteiger partial charge in [-0.05, 0) is 44.4 Å². The molecule has 28 heavy (non-hydrogen) atoms. The van der Waals surface area contributed by atoms with Crippen molar-refractivity contribution in [3.05, 3.63) is 51.1 Å². The molecule has 0 atom stereocenters. The minimum Gasteiger partial charge on any atom is -0.353 e. The maximum absolute atomic E-state index is 13.3. The van der Waals surface area contributed by atoms with Gasteiger partial charge in [0.2, 0.25) is 5.91 Å². The number of benzene rings is 1. The quantitative estimate of drug-likeness (QED) is 0.503. The van der Waals surface area contributed by atoms with E-state index >= 15 is 0 Å². The van der Waals surface area contributed by atoms with Crippen LogP contribution < -0.4 is 10.9 Å². The molecule has 1 saturated carbocycles. The predicted octanol–water partition coefficient (Wildman–Crippen LogP) is 4.21. The van der Waals surface area contributed by atoms with Gasteiger partial charge in [-0.15, -0.1) is 11.3 Å². The number of nitrogens with zero attached hydrogens (tertiary/aromatic N) is 2. The molecule has 0 aliphatic heterocycles. The van der Waals surface area contributed by atoms with Crippen LogP contribution in [0.1, 0.15) is 36.1 Å². The molecule has 7 heteroatoms. The fourth-order valence-corrected chi connectivity index (χ4v) is 5.54. The summed E-state index contributed by atoms with van der Waals surface area (Å²) in [4.78, 5) is 32.3. The first-order valence-electron chi connectivity index (χ1n) is 9.55. The molecule has 2 aromatic heterocycles. The van der Waals surface area contributed by atoms with Gasteiger partial charge in [-0.3, -0.25) is 14.2 Å². The van der Waals surface area contributed by atoms with Crippen LogP contribution in [0.5, 0.6) is 0 Å². The second-order valence-corrected chi connectivity index (χ2v) is 9.32. The summed E-state index contributed by atoms with van der Waals surface area (Å²) >= 11 is 2.86. The van der Waals surface area contributed by atoms with Crippen molar-refractivity contribution in [3.63, 3.8) is 0 Å². The second kappa shape index (κ2) is 8.09. The van der Waals surface area contributed by atoms with Crippen LogP contribution in [-0.2, 0) is 4.79 Å². The second-order valence-electron chi connectivity index (χ2n) is 7.17. The summed E-state index contributed by atoms with van der Waals surface area (Å²) in [5.74, 6) is 0.259. The fourth-order valence-electron chi connectivity index (χ4n) is 3.65. The lowest BCUT2D eigenvalue weighted by Gasteiger charge is -2.14. The number of carbonyl (C=O) groups is 1.